The van der Waals surface area contributed by atoms with E-state index in [0.717, 1.165) is 38.0 Å². The topological polar surface area (TPSA) is 69.7 Å². The molecule has 1 aromatic carbocycles. The molecule has 0 spiro atoms. The lowest BCUT2D eigenvalue weighted by Gasteiger charge is -2.26. The Hall–Kier alpha value is -1.44. The second kappa shape index (κ2) is 9.66. The fourth-order valence-electron chi connectivity index (χ4n) is 3.79. The molecule has 6 nitrogen and oxygen atoms in total. The Balaban J connectivity index is 1.41. The zero-order chi connectivity index (χ0) is 19.1. The molecule has 0 atom stereocenters. The van der Waals surface area contributed by atoms with Gasteiger partial charge in [-0.3, -0.25) is 4.79 Å². The predicted molar refractivity (Wildman–Crippen MR) is 106 cm³/mol. The van der Waals surface area contributed by atoms with Crippen LogP contribution in [-0.2, 0) is 21.2 Å². The van der Waals surface area contributed by atoms with Gasteiger partial charge in [0.1, 0.15) is 0 Å². The van der Waals surface area contributed by atoms with Crippen LogP contribution in [-0.4, -0.2) is 62.8 Å². The van der Waals surface area contributed by atoms with Gasteiger partial charge in [0, 0.05) is 32.6 Å². The van der Waals surface area contributed by atoms with Crippen molar-refractivity contribution in [3.8, 4) is 0 Å². The molecule has 0 aromatic heterocycles. The van der Waals surface area contributed by atoms with E-state index in [2.05, 4.69) is 10.2 Å². The van der Waals surface area contributed by atoms with E-state index < -0.39 is 10.0 Å². The van der Waals surface area contributed by atoms with Gasteiger partial charge in [0.2, 0.25) is 15.9 Å². The van der Waals surface area contributed by atoms with E-state index in [1.54, 1.807) is 16.4 Å². The van der Waals surface area contributed by atoms with Crippen LogP contribution in [0.1, 0.15) is 44.1 Å². The molecule has 1 amide bonds. The van der Waals surface area contributed by atoms with Crippen LogP contribution in [0.25, 0.3) is 0 Å². The lowest BCUT2D eigenvalue weighted by atomic mass is 10.1. The summed E-state index contributed by atoms with van der Waals surface area (Å²) >= 11 is 0. The molecule has 2 aliphatic heterocycles. The van der Waals surface area contributed by atoms with E-state index in [-0.39, 0.29) is 5.91 Å². The first-order chi connectivity index (χ1) is 13.1. The van der Waals surface area contributed by atoms with Gasteiger partial charge in [-0.25, -0.2) is 8.42 Å². The van der Waals surface area contributed by atoms with Crippen LogP contribution in [0.3, 0.4) is 0 Å². The minimum Gasteiger partial charge on any atom is -0.355 e. The highest BCUT2D eigenvalue weighted by Gasteiger charge is 2.26. The average Bonchev–Trinajstić information content (AvgIpc) is 3.23. The van der Waals surface area contributed by atoms with E-state index in [1.165, 1.54) is 19.3 Å². The maximum absolute atomic E-state index is 12.5. The van der Waals surface area contributed by atoms with Crippen molar-refractivity contribution in [1.29, 1.82) is 0 Å². The van der Waals surface area contributed by atoms with Crippen LogP contribution in [0.2, 0.25) is 0 Å². The molecule has 2 aliphatic rings. The van der Waals surface area contributed by atoms with Crippen molar-refractivity contribution >= 4 is 15.9 Å². The Labute approximate surface area is 163 Å². The van der Waals surface area contributed by atoms with Gasteiger partial charge in [-0.2, -0.15) is 4.31 Å². The summed E-state index contributed by atoms with van der Waals surface area (Å²) in [4.78, 5) is 14.8. The number of amides is 1. The van der Waals surface area contributed by atoms with Gasteiger partial charge in [-0.05, 0) is 62.9 Å². The summed E-state index contributed by atoms with van der Waals surface area (Å²) in [6.45, 7) is 5.13. The van der Waals surface area contributed by atoms with E-state index in [1.807, 2.05) is 12.1 Å². The largest absolute Gasteiger partial charge is 0.355 e. The van der Waals surface area contributed by atoms with Gasteiger partial charge in [-0.15, -0.1) is 0 Å². The summed E-state index contributed by atoms with van der Waals surface area (Å²) in [7, 11) is -3.36. The number of nitrogens with one attached hydrogen (secondary N) is 1. The Bertz CT molecular complexity index is 706. The molecule has 150 valence electrons. The molecule has 0 saturated carbocycles. The van der Waals surface area contributed by atoms with Gasteiger partial charge in [0.05, 0.1) is 4.90 Å². The Morgan fingerprint density at radius 3 is 2.22 bits per heavy atom. The van der Waals surface area contributed by atoms with E-state index in [0.29, 0.717) is 37.4 Å². The molecule has 0 radical (unpaired) electrons. The molecule has 2 heterocycles. The normalized spacial score (nSPS) is 19.3. The van der Waals surface area contributed by atoms with Crippen molar-refractivity contribution < 1.29 is 13.2 Å². The number of likely N-dealkylation sites (tertiary alicyclic amines) is 1. The zero-order valence-electron chi connectivity index (χ0n) is 16.0. The average molecular weight is 394 g/mol. The summed E-state index contributed by atoms with van der Waals surface area (Å²) < 4.78 is 26.6. The van der Waals surface area contributed by atoms with Crippen molar-refractivity contribution in [2.75, 3.05) is 39.3 Å². The van der Waals surface area contributed by atoms with E-state index in [9.17, 15) is 13.2 Å². The van der Waals surface area contributed by atoms with Crippen LogP contribution < -0.4 is 5.32 Å². The van der Waals surface area contributed by atoms with Crippen molar-refractivity contribution in [1.82, 2.24) is 14.5 Å². The van der Waals surface area contributed by atoms with Gasteiger partial charge in [0.25, 0.3) is 0 Å². The van der Waals surface area contributed by atoms with Crippen LogP contribution in [0.15, 0.2) is 29.2 Å². The number of sulfonamides is 1. The summed E-state index contributed by atoms with van der Waals surface area (Å²) in [5.74, 6) is 0.0563. The van der Waals surface area contributed by atoms with Gasteiger partial charge in [-0.1, -0.05) is 18.6 Å². The fourth-order valence-corrected chi connectivity index (χ4v) is 5.31. The molecule has 1 N–H and O–H groups in total. The number of carbonyl (C=O) groups is 1. The molecule has 0 unspecified atom stereocenters. The maximum atomic E-state index is 12.5. The summed E-state index contributed by atoms with van der Waals surface area (Å²) in [6.07, 6.45) is 6.77. The van der Waals surface area contributed by atoms with Crippen LogP contribution in [0.5, 0.6) is 0 Å². The molecule has 0 aliphatic carbocycles. The van der Waals surface area contributed by atoms with Crippen LogP contribution in [0.4, 0.5) is 0 Å². The Kier molecular flexibility index (Phi) is 7.26. The van der Waals surface area contributed by atoms with Gasteiger partial charge < -0.3 is 10.2 Å². The Morgan fingerprint density at radius 1 is 0.926 bits per heavy atom. The molecule has 7 heteroatoms. The quantitative estimate of drug-likeness (QED) is 0.733. The third-order valence-corrected chi connectivity index (χ3v) is 7.38. The monoisotopic (exact) mass is 393 g/mol. The van der Waals surface area contributed by atoms with Gasteiger partial charge >= 0.3 is 0 Å². The van der Waals surface area contributed by atoms with Crippen molar-refractivity contribution in [2.24, 2.45) is 0 Å². The van der Waals surface area contributed by atoms with E-state index in [4.69, 9.17) is 0 Å². The first-order valence-corrected chi connectivity index (χ1v) is 11.6. The second-order valence-electron chi connectivity index (χ2n) is 7.51. The number of hydrogen-bond acceptors (Lipinski definition) is 4. The molecule has 2 fully saturated rings. The highest BCUT2D eigenvalue weighted by molar-refractivity contribution is 7.89. The number of nitrogens with zero attached hydrogens (tertiary/aromatic N) is 2. The molecule has 27 heavy (non-hydrogen) atoms. The standard InChI is InChI=1S/C20H31N3O3S/c24-20(21-12-17-22-13-2-1-3-14-22)11-8-18-6-9-19(10-7-18)27(25,26)23-15-4-5-16-23/h6-7,9-10H,1-5,8,11-17H2,(H,21,24). The minimum absolute atomic E-state index is 0.0563. The molecule has 0 bridgehead atoms. The first-order valence-electron chi connectivity index (χ1n) is 10.1. The van der Waals surface area contributed by atoms with Crippen LogP contribution >= 0.6 is 0 Å². The van der Waals surface area contributed by atoms with Crippen molar-refractivity contribution in [3.05, 3.63) is 29.8 Å². The van der Waals surface area contributed by atoms with E-state index >= 15 is 0 Å². The number of aryl methyl sites for hydroxylation is 1. The van der Waals surface area contributed by atoms with Crippen LogP contribution in [0, 0.1) is 0 Å². The molecule has 3 rings (SSSR count). The molecular weight excluding hydrogens is 362 g/mol. The zero-order valence-corrected chi connectivity index (χ0v) is 16.8. The van der Waals surface area contributed by atoms with Gasteiger partial charge in [0.15, 0.2) is 0 Å². The first kappa shape index (κ1) is 20.3. The second-order valence-corrected chi connectivity index (χ2v) is 9.45. The number of rotatable bonds is 8. The third-order valence-electron chi connectivity index (χ3n) is 5.47. The third kappa shape index (κ3) is 5.77. The highest BCUT2D eigenvalue weighted by Crippen LogP contribution is 2.21. The number of carbonyl (C=O) groups excluding carboxylic acids is 1. The van der Waals surface area contributed by atoms with Crippen molar-refractivity contribution in [2.45, 2.75) is 49.8 Å². The summed E-state index contributed by atoms with van der Waals surface area (Å²) in [6, 6.07) is 6.97. The summed E-state index contributed by atoms with van der Waals surface area (Å²) in [5.41, 5.74) is 0.988. The number of benzene rings is 1. The minimum atomic E-state index is -3.36. The maximum Gasteiger partial charge on any atom is 0.243 e. The highest BCUT2D eigenvalue weighted by atomic mass is 32.2. The smallest absolute Gasteiger partial charge is 0.243 e. The number of hydrogen-bond donors (Lipinski definition) is 1. The molecule has 1 aromatic rings. The van der Waals surface area contributed by atoms with Crippen molar-refractivity contribution in [3.63, 3.8) is 0 Å². The predicted octanol–water partition coefficient (Wildman–Crippen LogP) is 2.01. The lowest BCUT2D eigenvalue weighted by Crippen LogP contribution is -2.37. The Morgan fingerprint density at radius 2 is 1.56 bits per heavy atom. The SMILES string of the molecule is O=C(CCc1ccc(S(=O)(=O)N2CCCC2)cc1)NCCN1CCCCC1. The fraction of sp³-hybridized carbons (Fsp3) is 0.650. The number of piperidine rings is 1. The lowest BCUT2D eigenvalue weighted by molar-refractivity contribution is -0.121. The molecular formula is C20H31N3O3S. The molecule has 2 saturated heterocycles. The summed E-state index contributed by atoms with van der Waals surface area (Å²) in [5, 5.41) is 2.99.